The quantitative estimate of drug-likeness (QED) is 0.0690. The Morgan fingerprint density at radius 1 is 0.486 bits per heavy atom. The fourth-order valence-electron chi connectivity index (χ4n) is 2.27. The molecule has 0 aromatic carbocycles. The van der Waals surface area contributed by atoms with Crippen molar-refractivity contribution in [2.45, 2.75) is 36.3 Å². The first-order chi connectivity index (χ1) is 16.0. The van der Waals surface area contributed by atoms with Gasteiger partial charge in [0.2, 0.25) is 5.79 Å². The van der Waals surface area contributed by atoms with E-state index in [1.54, 1.807) is 0 Å². The van der Waals surface area contributed by atoms with Gasteiger partial charge in [-0.2, -0.15) is 0 Å². The maximum absolute atomic E-state index is 10.7. The smallest absolute Gasteiger partial charge is 0.344 e. The van der Waals surface area contributed by atoms with Crippen molar-refractivity contribution in [1.29, 1.82) is 0 Å². The van der Waals surface area contributed by atoms with Crippen LogP contribution in [0.25, 0.3) is 0 Å². The molecule has 0 radical (unpaired) electrons. The molecule has 13 N–H and O–H groups in total. The molecule has 37 heavy (non-hydrogen) atoms. The second-order valence-electron chi connectivity index (χ2n) is 6.45. The Morgan fingerprint density at radius 3 is 1.11 bits per heavy atom. The van der Waals surface area contributed by atoms with Crippen LogP contribution in [0.4, 0.5) is 0 Å². The van der Waals surface area contributed by atoms with Crippen LogP contribution < -0.4 is 0 Å². The van der Waals surface area contributed by atoms with Gasteiger partial charge in [-0.15, -0.1) is 0 Å². The van der Waals surface area contributed by atoms with Gasteiger partial charge in [-0.25, -0.2) is 21.6 Å². The first kappa shape index (κ1) is 38.2. The second-order valence-corrected chi connectivity index (χ2v) is 23.9. The van der Waals surface area contributed by atoms with Gasteiger partial charge in [0, 0.05) is 0 Å². The molecule has 1 fully saturated rings. The number of hydrogen-bond acceptors (Lipinski definition) is 18. The molecule has 0 aromatic rings. The molecule has 31 heteroatoms. The lowest BCUT2D eigenvalue weighted by Crippen LogP contribution is -2.71. The summed E-state index contributed by atoms with van der Waals surface area (Å²) in [4.78, 5) is 67.1. The zero-order valence-electron chi connectivity index (χ0n) is 16.8. The van der Waals surface area contributed by atoms with E-state index in [2.05, 4.69) is 76.3 Å². The molecule has 1 aliphatic rings. The molecule has 0 saturated heterocycles. The van der Waals surface area contributed by atoms with E-state index >= 15 is 0 Å². The highest BCUT2D eigenvalue weighted by Crippen LogP contribution is 2.77. The fourth-order valence-corrected chi connectivity index (χ4v) is 20.3. The van der Waals surface area contributed by atoms with Crippen LogP contribution in [0.2, 0.25) is 0 Å². The molecular weight excluding hydrogens is 754 g/mol. The molecule has 19 nitrogen and oxygen atoms in total. The summed E-state index contributed by atoms with van der Waals surface area (Å²) in [5, 5.41) is 60.4. The van der Waals surface area contributed by atoms with Gasteiger partial charge in [0.25, 0.3) is 0 Å². The summed E-state index contributed by atoms with van der Waals surface area (Å²) in [6.45, 7) is -30.5. The molecule has 0 amide bonds. The van der Waals surface area contributed by atoms with Crippen LogP contribution in [0.1, 0.15) is 0 Å². The van der Waals surface area contributed by atoms with Gasteiger partial charge in [-0.1, -0.05) is 0 Å². The van der Waals surface area contributed by atoms with Crippen molar-refractivity contribution in [3.8, 4) is 0 Å². The normalized spacial score (nSPS) is 36.1. The lowest BCUT2D eigenvalue weighted by molar-refractivity contribution is -0.334. The van der Waals surface area contributed by atoms with Crippen molar-refractivity contribution < 1.29 is 91.0 Å². The molecule has 4 unspecified atom stereocenters. The van der Waals surface area contributed by atoms with E-state index in [0.29, 0.717) is 0 Å². The van der Waals surface area contributed by atoms with Crippen LogP contribution in [-0.2, 0) is 96.9 Å². The summed E-state index contributed by atoms with van der Waals surface area (Å²) in [5.74, 6) is -3.70. The van der Waals surface area contributed by atoms with E-state index in [9.17, 15) is 55.1 Å². The number of rotatable bonds is 12. The number of aliphatic hydroxyl groups excluding tert-OH is 5. The maximum atomic E-state index is 10.7. The summed E-state index contributed by atoms with van der Waals surface area (Å²) < 4.78 is 26.8. The molecule has 0 heterocycles. The average molecular weight is 772 g/mol. The summed E-state index contributed by atoms with van der Waals surface area (Å²) in [6.07, 6.45) is -12.8. The van der Waals surface area contributed by atoms with Crippen molar-refractivity contribution in [2.24, 2.45) is 0 Å². The Labute approximate surface area is 237 Å². The van der Waals surface area contributed by atoms with Gasteiger partial charge in [-0.05, 0) is 70.8 Å². The molecule has 1 rings (SSSR count). The molecule has 1 saturated carbocycles. The highest BCUT2D eigenvalue weighted by atomic mass is 32.5. The molecule has 0 aromatic heterocycles. The third-order valence-electron chi connectivity index (χ3n) is 3.48. The van der Waals surface area contributed by atoms with Crippen LogP contribution in [0.15, 0.2) is 0 Å². The molecule has 10 atom stereocenters. The Hall–Kier alpha value is 3.14. The number of hydrogen-bond donors (Lipinski definition) is 13. The predicted octanol–water partition coefficient (Wildman–Crippen LogP) is -3.11. The van der Waals surface area contributed by atoms with Gasteiger partial charge in [-0.3, -0.25) is 4.52 Å². The van der Waals surface area contributed by atoms with Crippen molar-refractivity contribution in [3.05, 3.63) is 0 Å². The third kappa shape index (κ3) is 12.0. The minimum absolute atomic E-state index is 2.28. The Morgan fingerprint density at radius 2 is 0.784 bits per heavy atom. The third-order valence-corrected chi connectivity index (χ3v) is 18.5. The topological polar surface area (TPSA) is 318 Å². The molecule has 1 aliphatic carbocycles. The Bertz CT molecular complexity index is 1120. The van der Waals surface area contributed by atoms with Crippen molar-refractivity contribution in [1.82, 2.24) is 0 Å². The van der Waals surface area contributed by atoms with Gasteiger partial charge < -0.3 is 64.9 Å². The second kappa shape index (κ2) is 13.0. The Balaban J connectivity index is 3.53. The van der Waals surface area contributed by atoms with Gasteiger partial charge in [0.1, 0.15) is 30.5 Å². The monoisotopic (exact) mass is 772 g/mol. The molecule has 222 valence electrons. The van der Waals surface area contributed by atoms with E-state index in [4.69, 9.17) is 30.4 Å². The van der Waals surface area contributed by atoms with E-state index in [1.807, 2.05) is 0 Å². The lowest BCUT2D eigenvalue weighted by Gasteiger charge is -2.48. The minimum Gasteiger partial charge on any atom is -0.387 e. The predicted molar refractivity (Wildman–Crippen MR) is 143 cm³/mol. The van der Waals surface area contributed by atoms with Crippen LogP contribution in [0.5, 0.6) is 0 Å². The Kier molecular flexibility index (Phi) is 13.4. The van der Waals surface area contributed by atoms with E-state index in [1.165, 1.54) is 0 Å². The zero-order chi connectivity index (χ0) is 29.6. The van der Waals surface area contributed by atoms with E-state index in [0.717, 1.165) is 0 Å². The molecule has 0 spiro atoms. The zero-order valence-corrected chi connectivity index (χ0v) is 27.0. The van der Waals surface area contributed by atoms with Crippen LogP contribution in [0.3, 0.4) is 0 Å². The van der Waals surface area contributed by atoms with Gasteiger partial charge in [0.05, 0.1) is 0 Å². The standard InChI is InChI=1S/C6H18O19P6S6/c7-1-2(8)4(10)6(12,5(11)3(1)9)20-31(37,24-29(18,35)22-27(15,16)33)25-30(19,36)23-28(17,34)21-26(13,14)32/h1-5,7-12H,(H,17,34)(H,18,35)(H,19,36)(H2,13,14,32)(H2,15,16,33)/t1-,2-,3+,4-,5-,6-,28?,29?,30?,31?/m1/s1. The summed E-state index contributed by atoms with van der Waals surface area (Å²) in [6, 6.07) is 0. The van der Waals surface area contributed by atoms with Crippen molar-refractivity contribution in [3.63, 3.8) is 0 Å². The van der Waals surface area contributed by atoms with Crippen LogP contribution >= 0.6 is 40.3 Å². The van der Waals surface area contributed by atoms with Crippen LogP contribution in [0, 0.1) is 0 Å². The van der Waals surface area contributed by atoms with Gasteiger partial charge in [0.15, 0.2) is 0 Å². The first-order valence-corrected chi connectivity index (χ1v) is 23.7. The van der Waals surface area contributed by atoms with Crippen LogP contribution in [-0.4, -0.2) is 101 Å². The van der Waals surface area contributed by atoms with Crippen molar-refractivity contribution in [2.75, 3.05) is 0 Å². The summed E-state index contributed by atoms with van der Waals surface area (Å²) in [5.41, 5.74) is 0. The summed E-state index contributed by atoms with van der Waals surface area (Å²) in [7, 11) is 0. The largest absolute Gasteiger partial charge is 0.387 e. The first-order valence-electron chi connectivity index (χ1n) is 8.13. The minimum atomic E-state index is -5.46. The maximum Gasteiger partial charge on any atom is 0.344 e. The number of aliphatic hydroxyl groups is 6. The van der Waals surface area contributed by atoms with Gasteiger partial charge >= 0.3 is 40.3 Å². The molecule has 0 bridgehead atoms. The van der Waals surface area contributed by atoms with Crippen molar-refractivity contribution >= 4 is 111 Å². The van der Waals surface area contributed by atoms with E-state index in [-0.39, 0.29) is 0 Å². The summed E-state index contributed by atoms with van der Waals surface area (Å²) >= 11 is 26.3. The molecular formula is C6H18O19P6S6. The molecule has 0 aliphatic heterocycles. The lowest BCUT2D eigenvalue weighted by atomic mass is 9.82. The SMILES string of the molecule is O[C@@H]1[C@@H](O)[C@@H](O)[C@@](O)(OP(=S)(OP(O)(=S)OP(O)(O)=S)OP(O)(=S)OP(O)(=S)OP(O)(O)=S)[C@H](O)[C@H]1O. The highest BCUT2D eigenvalue weighted by Gasteiger charge is 2.62. The fraction of sp³-hybridized carbons (Fsp3) is 1.00. The highest BCUT2D eigenvalue weighted by molar-refractivity contribution is 8.21. The average Bonchev–Trinajstić information content (AvgIpc) is 2.56. The van der Waals surface area contributed by atoms with E-state index < -0.39 is 76.6 Å².